The van der Waals surface area contributed by atoms with Crippen molar-refractivity contribution in [1.82, 2.24) is 0 Å². The van der Waals surface area contributed by atoms with Crippen LogP contribution >= 0.6 is 0 Å². The summed E-state index contributed by atoms with van der Waals surface area (Å²) in [7, 11) is -8.35. The van der Waals surface area contributed by atoms with E-state index in [0.29, 0.717) is 12.5 Å². The van der Waals surface area contributed by atoms with Gasteiger partial charge in [-0.3, -0.25) is 0 Å². The van der Waals surface area contributed by atoms with Crippen molar-refractivity contribution in [2.75, 3.05) is 22.8 Å². The first kappa shape index (κ1) is 16.8. The van der Waals surface area contributed by atoms with Crippen molar-refractivity contribution in [1.29, 1.82) is 0 Å². The van der Waals surface area contributed by atoms with Crippen LogP contribution in [0.4, 0.5) is 14.5 Å². The standard InChI is InChI=1S/C10H14F2N2O4S2/c1-19(15,16)14(20(2,17)18)9-5-3-4-8(6-9)10(11,12)7-13/h3-6H,7,13H2,1-2H3. The fraction of sp³-hybridized carbons (Fsp3) is 0.400. The molecule has 2 N–H and O–H groups in total. The number of hydrogen-bond acceptors (Lipinski definition) is 5. The van der Waals surface area contributed by atoms with Gasteiger partial charge in [0.15, 0.2) is 0 Å². The fourth-order valence-electron chi connectivity index (χ4n) is 1.59. The summed E-state index contributed by atoms with van der Waals surface area (Å²) in [5.41, 5.74) is 3.99. The van der Waals surface area contributed by atoms with Crippen molar-refractivity contribution >= 4 is 25.7 Å². The predicted molar refractivity (Wildman–Crippen MR) is 71.6 cm³/mol. The molecular weight excluding hydrogens is 314 g/mol. The molecule has 0 radical (unpaired) electrons. The highest BCUT2D eigenvalue weighted by Gasteiger charge is 2.32. The molecule has 0 fully saturated rings. The van der Waals surface area contributed by atoms with Gasteiger partial charge in [0.1, 0.15) is 0 Å². The average molecular weight is 328 g/mol. The molecule has 0 aliphatic heterocycles. The van der Waals surface area contributed by atoms with Crippen molar-refractivity contribution in [2.24, 2.45) is 5.73 Å². The summed E-state index contributed by atoms with van der Waals surface area (Å²) in [6.07, 6.45) is 1.34. The van der Waals surface area contributed by atoms with Gasteiger partial charge in [-0.15, -0.1) is 0 Å². The van der Waals surface area contributed by atoms with Crippen molar-refractivity contribution in [2.45, 2.75) is 5.92 Å². The van der Waals surface area contributed by atoms with Crippen LogP contribution in [0.3, 0.4) is 0 Å². The van der Waals surface area contributed by atoms with E-state index in [1.54, 1.807) is 0 Å². The van der Waals surface area contributed by atoms with Crippen LogP contribution in [-0.2, 0) is 26.0 Å². The molecule has 0 aliphatic rings. The first-order valence-electron chi connectivity index (χ1n) is 5.28. The molecule has 0 amide bonds. The molecular formula is C10H14F2N2O4S2. The summed E-state index contributed by atoms with van der Waals surface area (Å²) in [5, 5.41) is 0. The van der Waals surface area contributed by atoms with Crippen LogP contribution < -0.4 is 9.44 Å². The second-order valence-electron chi connectivity index (χ2n) is 4.18. The third-order valence-electron chi connectivity index (χ3n) is 2.34. The largest absolute Gasteiger partial charge is 0.325 e. The molecule has 114 valence electrons. The molecule has 0 atom stereocenters. The highest BCUT2D eigenvalue weighted by Crippen LogP contribution is 2.31. The number of anilines is 1. The summed E-state index contributed by atoms with van der Waals surface area (Å²) in [6.45, 7) is -0.978. The Kier molecular flexibility index (Phi) is 4.42. The van der Waals surface area contributed by atoms with E-state index >= 15 is 0 Å². The van der Waals surface area contributed by atoms with Gasteiger partial charge in [0.05, 0.1) is 24.7 Å². The van der Waals surface area contributed by atoms with Gasteiger partial charge in [0.25, 0.3) is 5.92 Å². The molecule has 6 nitrogen and oxygen atoms in total. The van der Waals surface area contributed by atoms with Gasteiger partial charge in [-0.1, -0.05) is 12.1 Å². The van der Waals surface area contributed by atoms with Crippen LogP contribution in [0.5, 0.6) is 0 Å². The molecule has 0 spiro atoms. The van der Waals surface area contributed by atoms with Gasteiger partial charge in [0, 0.05) is 5.56 Å². The Hall–Kier alpha value is -1.26. The minimum atomic E-state index is -4.18. The van der Waals surface area contributed by atoms with Crippen LogP contribution in [0, 0.1) is 0 Å². The van der Waals surface area contributed by atoms with Crippen molar-refractivity contribution in [3.63, 3.8) is 0 Å². The van der Waals surface area contributed by atoms with Crippen LogP contribution in [0.2, 0.25) is 0 Å². The molecule has 0 unspecified atom stereocenters. The number of alkyl halides is 2. The maximum atomic E-state index is 13.5. The molecule has 1 rings (SSSR count). The minimum absolute atomic E-state index is 0.0934. The van der Waals surface area contributed by atoms with Crippen LogP contribution in [0.25, 0.3) is 0 Å². The lowest BCUT2D eigenvalue weighted by Crippen LogP contribution is -2.35. The van der Waals surface area contributed by atoms with Crippen molar-refractivity contribution in [3.8, 4) is 0 Å². The Balaban J connectivity index is 3.50. The topological polar surface area (TPSA) is 97.5 Å². The molecule has 1 aromatic rings. The molecule has 1 aromatic carbocycles. The molecule has 0 heterocycles. The van der Waals surface area contributed by atoms with Gasteiger partial charge in [-0.2, -0.15) is 12.5 Å². The number of nitrogens with two attached hydrogens (primary N) is 1. The van der Waals surface area contributed by atoms with E-state index in [1.165, 1.54) is 0 Å². The lowest BCUT2D eigenvalue weighted by atomic mass is 10.1. The lowest BCUT2D eigenvalue weighted by molar-refractivity contribution is 0.00599. The van der Waals surface area contributed by atoms with E-state index in [1.807, 2.05) is 0 Å². The van der Waals surface area contributed by atoms with E-state index in [9.17, 15) is 25.6 Å². The number of rotatable bonds is 5. The number of benzene rings is 1. The van der Waals surface area contributed by atoms with Gasteiger partial charge < -0.3 is 5.73 Å². The zero-order valence-corrected chi connectivity index (χ0v) is 12.4. The molecule has 20 heavy (non-hydrogen) atoms. The summed E-state index contributed by atoms with van der Waals surface area (Å²) in [6, 6.07) is 4.07. The van der Waals surface area contributed by atoms with Crippen LogP contribution in [0.1, 0.15) is 5.56 Å². The molecule has 0 aromatic heterocycles. The van der Waals surface area contributed by atoms with Gasteiger partial charge in [0.2, 0.25) is 20.0 Å². The zero-order valence-electron chi connectivity index (χ0n) is 10.7. The number of halogens is 2. The summed E-state index contributed by atoms with van der Waals surface area (Å²) in [5.74, 6) is -3.38. The Morgan fingerprint density at radius 2 is 1.65 bits per heavy atom. The third kappa shape index (κ3) is 3.64. The van der Waals surface area contributed by atoms with E-state index in [4.69, 9.17) is 5.73 Å². The third-order valence-corrected chi connectivity index (χ3v) is 5.59. The smallest absolute Gasteiger partial charge is 0.285 e. The second-order valence-corrected chi connectivity index (χ2v) is 8.08. The van der Waals surface area contributed by atoms with Crippen molar-refractivity contribution in [3.05, 3.63) is 29.8 Å². The zero-order chi connectivity index (χ0) is 15.8. The second kappa shape index (κ2) is 5.26. The SMILES string of the molecule is CS(=O)(=O)N(c1cccc(C(F)(F)CN)c1)S(C)(=O)=O. The predicted octanol–water partition coefficient (Wildman–Crippen LogP) is 0.463. The summed E-state index contributed by atoms with van der Waals surface area (Å²) < 4.78 is 73.2. The van der Waals surface area contributed by atoms with Gasteiger partial charge >= 0.3 is 0 Å². The monoisotopic (exact) mass is 328 g/mol. The molecule has 10 heteroatoms. The highest BCUT2D eigenvalue weighted by atomic mass is 32.3. The van der Waals surface area contributed by atoms with Crippen LogP contribution in [-0.4, -0.2) is 35.9 Å². The fourth-order valence-corrected chi connectivity index (χ4v) is 4.55. The number of nitrogens with zero attached hydrogens (tertiary/aromatic N) is 1. The van der Waals surface area contributed by atoms with E-state index in [2.05, 4.69) is 0 Å². The van der Waals surface area contributed by atoms with E-state index in [-0.39, 0.29) is 9.40 Å². The first-order valence-corrected chi connectivity index (χ1v) is 8.98. The molecule has 0 aliphatic carbocycles. The summed E-state index contributed by atoms with van der Waals surface area (Å²) >= 11 is 0. The molecule has 0 bridgehead atoms. The van der Waals surface area contributed by atoms with E-state index < -0.39 is 38.1 Å². The maximum Gasteiger partial charge on any atom is 0.285 e. The quantitative estimate of drug-likeness (QED) is 0.847. The lowest BCUT2D eigenvalue weighted by Gasteiger charge is -2.22. The Bertz CT molecular complexity index is 670. The molecule has 0 saturated carbocycles. The number of sulfonamides is 2. The minimum Gasteiger partial charge on any atom is -0.325 e. The normalized spacial score (nSPS) is 13.2. The maximum absolute atomic E-state index is 13.5. The van der Waals surface area contributed by atoms with Crippen LogP contribution in [0.15, 0.2) is 24.3 Å². The highest BCUT2D eigenvalue weighted by molar-refractivity contribution is 8.09. The van der Waals surface area contributed by atoms with Gasteiger partial charge in [-0.05, 0) is 12.1 Å². The Morgan fingerprint density at radius 1 is 1.15 bits per heavy atom. The molecule has 0 saturated heterocycles. The Labute approximate surface area is 116 Å². The van der Waals surface area contributed by atoms with Gasteiger partial charge in [-0.25, -0.2) is 16.8 Å². The Morgan fingerprint density at radius 3 is 2.05 bits per heavy atom. The number of hydrogen-bond donors (Lipinski definition) is 1. The van der Waals surface area contributed by atoms with Crippen molar-refractivity contribution < 1.29 is 25.6 Å². The average Bonchev–Trinajstić information content (AvgIpc) is 2.25. The van der Waals surface area contributed by atoms with E-state index in [0.717, 1.165) is 24.3 Å². The first-order chi connectivity index (χ1) is 8.89. The summed E-state index contributed by atoms with van der Waals surface area (Å²) in [4.78, 5) is 0.